The van der Waals surface area contributed by atoms with Crippen molar-refractivity contribution in [3.63, 3.8) is 0 Å². The zero-order chi connectivity index (χ0) is 26.2. The first-order valence-corrected chi connectivity index (χ1v) is 14.2. The summed E-state index contributed by atoms with van der Waals surface area (Å²) < 4.78 is 52.8. The summed E-state index contributed by atoms with van der Waals surface area (Å²) >= 11 is 5.17. The van der Waals surface area contributed by atoms with Crippen LogP contribution in [0.1, 0.15) is 5.56 Å². The van der Waals surface area contributed by atoms with Crippen LogP contribution in [0.15, 0.2) is 47.4 Å². The number of hydrogen-bond donors (Lipinski definition) is 7. The summed E-state index contributed by atoms with van der Waals surface area (Å²) in [4.78, 5) is 50.1. The van der Waals surface area contributed by atoms with Gasteiger partial charge in [-0.2, -0.15) is 8.62 Å². The van der Waals surface area contributed by atoms with Crippen LogP contribution in [-0.2, 0) is 37.3 Å². The number of ether oxygens (including phenoxy) is 1. The molecule has 0 saturated carbocycles. The Labute approximate surface area is 200 Å². The molecule has 2 unspecified atom stereocenters. The van der Waals surface area contributed by atoms with Gasteiger partial charge in [0.25, 0.3) is 5.56 Å². The second-order valence-corrected chi connectivity index (χ2v) is 11.8. The number of aliphatic hydroxyl groups excluding tert-OH is 2. The van der Waals surface area contributed by atoms with E-state index in [1.54, 1.807) is 18.2 Å². The van der Waals surface area contributed by atoms with Gasteiger partial charge >= 0.3 is 23.5 Å². The zero-order valence-electron chi connectivity index (χ0n) is 17.1. The highest BCUT2D eigenvalue weighted by Crippen LogP contribution is 2.66. The van der Waals surface area contributed by atoms with E-state index in [0.717, 1.165) is 10.6 Å². The number of nitrogens with one attached hydrogen (secondary N) is 1. The van der Waals surface area contributed by atoms with Crippen LogP contribution in [0.25, 0.3) is 0 Å². The Morgan fingerprint density at radius 1 is 1.03 bits per heavy atom. The summed E-state index contributed by atoms with van der Waals surface area (Å²) in [5.41, 5.74) is -2.28. The predicted molar refractivity (Wildman–Crippen MR) is 116 cm³/mol. The largest absolute Gasteiger partial charge is 0.490 e. The fraction of sp³-hybridized carbons (Fsp3) is 0.333. The van der Waals surface area contributed by atoms with Gasteiger partial charge in [0.15, 0.2) is 4.77 Å². The average molecular weight is 576 g/mol. The van der Waals surface area contributed by atoms with Gasteiger partial charge in [0, 0.05) is 17.8 Å². The number of phosphoric acid groups is 3. The van der Waals surface area contributed by atoms with Crippen LogP contribution in [-0.4, -0.2) is 64.3 Å². The maximum atomic E-state index is 12.0. The molecule has 194 valence electrons. The molecule has 1 saturated heterocycles. The summed E-state index contributed by atoms with van der Waals surface area (Å²) in [6.45, 7) is -1.03. The standard InChI is InChI=1S/C15H19N2O14P3S/c18-11-6-7-17(14(35)16-11)15(9-4-2-1-3-5-9)13(20)12(19)10(29-15)8-28-33(24,25)31-34(26,27)30-32(21,22)23/h1-7,10,12-13,19-20H,8H2,(H,24,25)(H,26,27)(H,16,18,35)(H2,21,22,23)/t10-,12-,13-,15-/m1/s1. The Morgan fingerprint density at radius 2 is 1.66 bits per heavy atom. The van der Waals surface area contributed by atoms with Gasteiger partial charge in [0.1, 0.15) is 18.3 Å². The van der Waals surface area contributed by atoms with Crippen LogP contribution in [0, 0.1) is 4.77 Å². The fourth-order valence-corrected chi connectivity index (χ4v) is 6.67. The topological polar surface area (TPSA) is 247 Å². The highest BCUT2D eigenvalue weighted by Gasteiger charge is 2.57. The Balaban J connectivity index is 1.91. The molecule has 1 aliphatic heterocycles. The minimum Gasteiger partial charge on any atom is -0.387 e. The van der Waals surface area contributed by atoms with Crippen molar-refractivity contribution < 1.29 is 61.4 Å². The summed E-state index contributed by atoms with van der Waals surface area (Å²) in [6, 6.07) is 8.89. The van der Waals surface area contributed by atoms with E-state index in [1.165, 1.54) is 18.3 Å². The number of aromatic amines is 1. The van der Waals surface area contributed by atoms with Crippen molar-refractivity contribution >= 4 is 35.7 Å². The van der Waals surface area contributed by atoms with Crippen molar-refractivity contribution in [1.29, 1.82) is 0 Å². The molecule has 2 heterocycles. The number of aliphatic hydroxyl groups is 2. The molecule has 35 heavy (non-hydrogen) atoms. The minimum absolute atomic E-state index is 0.207. The van der Waals surface area contributed by atoms with E-state index >= 15 is 0 Å². The van der Waals surface area contributed by atoms with Gasteiger partial charge in [0.05, 0.1) is 6.61 Å². The molecule has 1 aromatic carbocycles. The monoisotopic (exact) mass is 576 g/mol. The maximum absolute atomic E-state index is 12.0. The van der Waals surface area contributed by atoms with Gasteiger partial charge in [0.2, 0.25) is 5.72 Å². The Hall–Kier alpha value is -1.39. The second kappa shape index (κ2) is 10.2. The molecule has 0 spiro atoms. The molecule has 0 aliphatic carbocycles. The molecule has 1 aliphatic rings. The Bertz CT molecular complexity index is 1330. The number of nitrogens with zero attached hydrogens (tertiary/aromatic N) is 1. The van der Waals surface area contributed by atoms with Gasteiger partial charge < -0.3 is 34.5 Å². The fourth-order valence-electron chi connectivity index (χ4n) is 3.34. The summed E-state index contributed by atoms with van der Waals surface area (Å²) in [7, 11) is -16.9. The molecule has 0 bridgehead atoms. The van der Waals surface area contributed by atoms with E-state index in [2.05, 4.69) is 18.1 Å². The van der Waals surface area contributed by atoms with Gasteiger partial charge in [-0.15, -0.1) is 0 Å². The molecule has 16 nitrogen and oxygen atoms in total. The van der Waals surface area contributed by atoms with Gasteiger partial charge in [-0.05, 0) is 12.2 Å². The van der Waals surface area contributed by atoms with Crippen molar-refractivity contribution in [2.75, 3.05) is 6.61 Å². The number of H-pyrrole nitrogens is 1. The van der Waals surface area contributed by atoms with Crippen LogP contribution in [0.3, 0.4) is 0 Å². The van der Waals surface area contributed by atoms with Crippen molar-refractivity contribution in [2.45, 2.75) is 24.0 Å². The van der Waals surface area contributed by atoms with Crippen molar-refractivity contribution in [2.24, 2.45) is 0 Å². The van der Waals surface area contributed by atoms with Crippen molar-refractivity contribution in [3.8, 4) is 0 Å². The number of aromatic nitrogens is 2. The van der Waals surface area contributed by atoms with E-state index in [-0.39, 0.29) is 10.3 Å². The van der Waals surface area contributed by atoms with Gasteiger partial charge in [-0.3, -0.25) is 18.9 Å². The Morgan fingerprint density at radius 3 is 2.23 bits per heavy atom. The van der Waals surface area contributed by atoms with E-state index in [4.69, 9.17) is 26.7 Å². The first-order chi connectivity index (χ1) is 16.1. The molecule has 0 radical (unpaired) electrons. The predicted octanol–water partition coefficient (Wildman–Crippen LogP) is 0.0709. The van der Waals surface area contributed by atoms with Crippen LogP contribution in [0.5, 0.6) is 0 Å². The minimum atomic E-state index is -5.76. The normalized spacial score (nSPS) is 28.3. The molecule has 7 N–H and O–H groups in total. The van der Waals surface area contributed by atoms with Crippen LogP contribution < -0.4 is 5.56 Å². The second-order valence-electron chi connectivity index (χ2n) is 7.02. The lowest BCUT2D eigenvalue weighted by Gasteiger charge is -2.35. The lowest BCUT2D eigenvalue weighted by Crippen LogP contribution is -2.47. The number of rotatable bonds is 9. The first-order valence-electron chi connectivity index (χ1n) is 9.27. The molecule has 20 heteroatoms. The van der Waals surface area contributed by atoms with Gasteiger partial charge in [-0.1, -0.05) is 30.3 Å². The van der Waals surface area contributed by atoms with Crippen LogP contribution >= 0.6 is 35.7 Å². The van der Waals surface area contributed by atoms with Crippen molar-refractivity contribution in [1.82, 2.24) is 9.55 Å². The highest BCUT2D eigenvalue weighted by molar-refractivity contribution is 7.71. The van der Waals surface area contributed by atoms with E-state index in [9.17, 15) is 38.5 Å². The summed E-state index contributed by atoms with van der Waals surface area (Å²) in [5, 5.41) is 21.6. The molecule has 3 rings (SSSR count). The number of benzene rings is 1. The third-order valence-electron chi connectivity index (χ3n) is 4.62. The number of phosphoric ester groups is 1. The molecule has 1 aromatic heterocycles. The SMILES string of the molecule is O=c1ccn([C@]2(c3ccccc3)O[C@H](COP(=O)(O)OP(=O)(O)OP(=O)(O)O)[C@@H](O)[C@H]2O)c(=S)[nH]1. The average Bonchev–Trinajstić information content (AvgIpc) is 2.96. The van der Waals surface area contributed by atoms with E-state index in [0.29, 0.717) is 0 Å². The molecule has 0 amide bonds. The molecular formula is C15H19N2O14P3S. The molecule has 2 aromatic rings. The summed E-state index contributed by atoms with van der Waals surface area (Å²) in [6.07, 6.45) is -4.01. The first kappa shape index (κ1) is 28.2. The quantitative estimate of drug-likeness (QED) is 0.154. The van der Waals surface area contributed by atoms with Gasteiger partial charge in [-0.25, -0.2) is 13.7 Å². The lowest BCUT2D eigenvalue weighted by atomic mass is 9.94. The molecule has 6 atom stereocenters. The smallest absolute Gasteiger partial charge is 0.387 e. The third kappa shape index (κ3) is 6.49. The number of hydrogen-bond acceptors (Lipinski definition) is 11. The van der Waals surface area contributed by atoms with E-state index < -0.39 is 59.7 Å². The van der Waals surface area contributed by atoms with Crippen LogP contribution in [0.2, 0.25) is 0 Å². The highest BCUT2D eigenvalue weighted by atomic mass is 32.1. The zero-order valence-corrected chi connectivity index (χ0v) is 20.6. The maximum Gasteiger partial charge on any atom is 0.490 e. The molecular weight excluding hydrogens is 557 g/mol. The molecule has 1 fully saturated rings. The van der Waals surface area contributed by atoms with Crippen LogP contribution in [0.4, 0.5) is 0 Å². The van der Waals surface area contributed by atoms with E-state index in [1.807, 2.05) is 0 Å². The Kier molecular flexibility index (Phi) is 8.19. The van der Waals surface area contributed by atoms with Crippen molar-refractivity contribution in [3.05, 3.63) is 63.3 Å². The summed E-state index contributed by atoms with van der Waals surface area (Å²) in [5.74, 6) is 0. The third-order valence-corrected chi connectivity index (χ3v) is 8.72. The lowest BCUT2D eigenvalue weighted by molar-refractivity contribution is -0.118.